The van der Waals surface area contributed by atoms with Crippen LogP contribution in [-0.4, -0.2) is 43.9 Å². The second-order valence-electron chi connectivity index (χ2n) is 6.16. The van der Waals surface area contributed by atoms with E-state index in [1.54, 1.807) is 26.3 Å². The molecule has 0 radical (unpaired) electrons. The molecule has 1 aliphatic heterocycles. The Morgan fingerprint density at radius 2 is 2.31 bits per heavy atom. The minimum Gasteiger partial charge on any atom is -0.466 e. The molecule has 2 heterocycles. The topological polar surface area (TPSA) is 75.5 Å². The molecule has 2 aromatic rings. The first-order chi connectivity index (χ1) is 12.6. The molecule has 0 bridgehead atoms. The van der Waals surface area contributed by atoms with Gasteiger partial charge in [0.1, 0.15) is 6.07 Å². The Kier molecular flexibility index (Phi) is 5.60. The maximum absolute atomic E-state index is 12.2. The first kappa shape index (κ1) is 18.4. The molecule has 1 aromatic carbocycles. The van der Waals surface area contributed by atoms with Gasteiger partial charge in [-0.1, -0.05) is 11.6 Å². The van der Waals surface area contributed by atoms with Gasteiger partial charge >= 0.3 is 5.97 Å². The van der Waals surface area contributed by atoms with E-state index in [4.69, 9.17) is 21.1 Å². The van der Waals surface area contributed by atoms with Gasteiger partial charge in [0.05, 0.1) is 35.4 Å². The zero-order chi connectivity index (χ0) is 18.7. The SMILES string of the molecule is CCOC(=O)[C@H]1CCN(c2c(C#N)cnc3ccc(Cl)cc23)CC1OC. The zero-order valence-electron chi connectivity index (χ0n) is 14.7. The minimum atomic E-state index is -0.309. The third-order valence-electron chi connectivity index (χ3n) is 4.69. The number of piperidine rings is 1. The van der Waals surface area contributed by atoms with Gasteiger partial charge in [0.25, 0.3) is 0 Å². The van der Waals surface area contributed by atoms with Crippen LogP contribution in [-0.2, 0) is 14.3 Å². The molecular weight excluding hydrogens is 354 g/mol. The van der Waals surface area contributed by atoms with Crippen LogP contribution < -0.4 is 4.90 Å². The molecule has 0 aliphatic carbocycles. The number of esters is 1. The lowest BCUT2D eigenvalue weighted by Crippen LogP contribution is -2.48. The van der Waals surface area contributed by atoms with Crippen LogP contribution in [0.15, 0.2) is 24.4 Å². The van der Waals surface area contributed by atoms with Gasteiger partial charge < -0.3 is 14.4 Å². The number of nitrogens with zero attached hydrogens (tertiary/aromatic N) is 3. The number of halogens is 1. The largest absolute Gasteiger partial charge is 0.466 e. The van der Waals surface area contributed by atoms with Crippen LogP contribution in [0.2, 0.25) is 5.02 Å². The third-order valence-corrected chi connectivity index (χ3v) is 4.92. The Labute approximate surface area is 157 Å². The quantitative estimate of drug-likeness (QED) is 0.766. The normalized spacial score (nSPS) is 20.0. The average molecular weight is 374 g/mol. The average Bonchev–Trinajstić information content (AvgIpc) is 2.66. The first-order valence-electron chi connectivity index (χ1n) is 8.51. The molecule has 26 heavy (non-hydrogen) atoms. The van der Waals surface area contributed by atoms with Crippen molar-refractivity contribution in [3.05, 3.63) is 35.0 Å². The van der Waals surface area contributed by atoms with E-state index >= 15 is 0 Å². The molecule has 2 atom stereocenters. The lowest BCUT2D eigenvalue weighted by atomic mass is 9.92. The van der Waals surface area contributed by atoms with E-state index in [-0.39, 0.29) is 18.0 Å². The smallest absolute Gasteiger partial charge is 0.311 e. The standard InChI is InChI=1S/C19H20ClN3O3/c1-3-26-19(24)14-6-7-23(11-17(14)25-2)18-12(9-21)10-22-16-5-4-13(20)8-15(16)18/h4-5,8,10,14,17H,3,6-7,11H2,1-2H3/t14-,17?/m0/s1. The maximum atomic E-state index is 12.2. The van der Waals surface area contributed by atoms with Crippen LogP contribution in [0.4, 0.5) is 5.69 Å². The lowest BCUT2D eigenvalue weighted by Gasteiger charge is -2.38. The summed E-state index contributed by atoms with van der Waals surface area (Å²) in [5.74, 6) is -0.541. The number of carbonyl (C=O) groups excluding carboxylic acids is 1. The number of rotatable bonds is 4. The molecule has 0 spiro atoms. The molecule has 0 saturated carbocycles. The fourth-order valence-corrected chi connectivity index (χ4v) is 3.62. The van der Waals surface area contributed by atoms with Gasteiger partial charge in [-0.25, -0.2) is 0 Å². The number of anilines is 1. The molecule has 1 unspecified atom stereocenters. The molecule has 7 heteroatoms. The highest BCUT2D eigenvalue weighted by atomic mass is 35.5. The maximum Gasteiger partial charge on any atom is 0.311 e. The number of fused-ring (bicyclic) bond motifs is 1. The molecule has 136 valence electrons. The molecule has 6 nitrogen and oxygen atoms in total. The van der Waals surface area contributed by atoms with Crippen LogP contribution in [0.1, 0.15) is 18.9 Å². The zero-order valence-corrected chi connectivity index (χ0v) is 15.5. The van der Waals surface area contributed by atoms with Crippen LogP contribution in [0, 0.1) is 17.2 Å². The Hall–Kier alpha value is -2.36. The van der Waals surface area contributed by atoms with E-state index in [0.29, 0.717) is 36.7 Å². The molecule has 1 aliphatic rings. The summed E-state index contributed by atoms with van der Waals surface area (Å²) in [6.45, 7) is 3.24. The van der Waals surface area contributed by atoms with Crippen molar-refractivity contribution in [1.29, 1.82) is 5.26 Å². The summed E-state index contributed by atoms with van der Waals surface area (Å²) in [6.07, 6.45) is 1.86. The number of carbonyl (C=O) groups is 1. The summed E-state index contributed by atoms with van der Waals surface area (Å²) < 4.78 is 10.7. The van der Waals surface area contributed by atoms with E-state index in [2.05, 4.69) is 16.0 Å². The minimum absolute atomic E-state index is 0.234. The summed E-state index contributed by atoms with van der Waals surface area (Å²) in [6, 6.07) is 7.64. The number of pyridine rings is 1. The number of hydrogen-bond donors (Lipinski definition) is 0. The van der Waals surface area contributed by atoms with Gasteiger partial charge in [-0.3, -0.25) is 9.78 Å². The molecule has 1 saturated heterocycles. The van der Waals surface area contributed by atoms with Gasteiger partial charge in [0.2, 0.25) is 0 Å². The van der Waals surface area contributed by atoms with Gasteiger partial charge in [0, 0.05) is 36.8 Å². The second kappa shape index (κ2) is 7.90. The van der Waals surface area contributed by atoms with Crippen molar-refractivity contribution in [3.8, 4) is 6.07 Å². The van der Waals surface area contributed by atoms with E-state index < -0.39 is 0 Å². The highest BCUT2D eigenvalue weighted by molar-refractivity contribution is 6.31. The fourth-order valence-electron chi connectivity index (χ4n) is 3.45. The van der Waals surface area contributed by atoms with E-state index in [1.807, 2.05) is 12.1 Å². The molecule has 1 aromatic heterocycles. The summed E-state index contributed by atoms with van der Waals surface area (Å²) >= 11 is 6.17. The van der Waals surface area contributed by atoms with Crippen LogP contribution in [0.5, 0.6) is 0 Å². The van der Waals surface area contributed by atoms with Crippen LogP contribution >= 0.6 is 11.6 Å². The highest BCUT2D eigenvalue weighted by Gasteiger charge is 2.36. The van der Waals surface area contributed by atoms with Crippen molar-refractivity contribution < 1.29 is 14.3 Å². The lowest BCUT2D eigenvalue weighted by molar-refractivity contribution is -0.153. The second-order valence-corrected chi connectivity index (χ2v) is 6.60. The van der Waals surface area contributed by atoms with E-state index in [9.17, 15) is 10.1 Å². The predicted octanol–water partition coefficient (Wildman–Crippen LogP) is 3.16. The Morgan fingerprint density at radius 3 is 3.00 bits per heavy atom. The Balaban J connectivity index is 1.98. The molecular formula is C19H20ClN3O3. The number of aromatic nitrogens is 1. The van der Waals surface area contributed by atoms with E-state index in [0.717, 1.165) is 16.6 Å². The fraction of sp³-hybridized carbons (Fsp3) is 0.421. The molecule has 0 amide bonds. The monoisotopic (exact) mass is 373 g/mol. The number of ether oxygens (including phenoxy) is 2. The number of hydrogen-bond acceptors (Lipinski definition) is 6. The number of benzene rings is 1. The third kappa shape index (κ3) is 3.46. The highest BCUT2D eigenvalue weighted by Crippen LogP contribution is 2.34. The van der Waals surface area contributed by atoms with Crippen LogP contribution in [0.25, 0.3) is 10.9 Å². The van der Waals surface area contributed by atoms with Crippen molar-refractivity contribution in [2.45, 2.75) is 19.4 Å². The van der Waals surface area contributed by atoms with Crippen molar-refractivity contribution in [2.24, 2.45) is 5.92 Å². The molecule has 3 rings (SSSR count). The summed E-state index contributed by atoms with van der Waals surface area (Å²) in [7, 11) is 1.59. The van der Waals surface area contributed by atoms with Gasteiger partial charge in [-0.2, -0.15) is 5.26 Å². The number of nitriles is 1. The summed E-state index contributed by atoms with van der Waals surface area (Å²) in [5.41, 5.74) is 2.03. The van der Waals surface area contributed by atoms with Gasteiger partial charge in [-0.05, 0) is 31.5 Å². The van der Waals surface area contributed by atoms with E-state index in [1.165, 1.54) is 0 Å². The van der Waals surface area contributed by atoms with Gasteiger partial charge in [0.15, 0.2) is 0 Å². The Morgan fingerprint density at radius 1 is 1.50 bits per heavy atom. The predicted molar refractivity (Wildman–Crippen MR) is 99.2 cm³/mol. The molecule has 1 fully saturated rings. The van der Waals surface area contributed by atoms with Gasteiger partial charge in [-0.15, -0.1) is 0 Å². The van der Waals surface area contributed by atoms with Crippen molar-refractivity contribution >= 4 is 34.2 Å². The number of methoxy groups -OCH3 is 1. The Bertz CT molecular complexity index is 865. The van der Waals surface area contributed by atoms with Crippen molar-refractivity contribution in [1.82, 2.24) is 4.98 Å². The van der Waals surface area contributed by atoms with Crippen molar-refractivity contribution in [3.63, 3.8) is 0 Å². The molecule has 0 N–H and O–H groups in total. The summed E-state index contributed by atoms with van der Waals surface area (Å²) in [5, 5.41) is 11.0. The first-order valence-corrected chi connectivity index (χ1v) is 8.89. The van der Waals surface area contributed by atoms with Crippen molar-refractivity contribution in [2.75, 3.05) is 31.7 Å². The van der Waals surface area contributed by atoms with Crippen LogP contribution in [0.3, 0.4) is 0 Å². The summed E-state index contributed by atoms with van der Waals surface area (Å²) in [4.78, 5) is 18.6.